The molecule has 1 aliphatic rings. The van der Waals surface area contributed by atoms with Gasteiger partial charge in [0.05, 0.1) is 0 Å². The fourth-order valence-corrected chi connectivity index (χ4v) is 3.70. The monoisotopic (exact) mass is 368 g/mol. The number of benzene rings is 1. The second-order valence-corrected chi connectivity index (χ2v) is 8.07. The number of aromatic nitrogens is 2. The lowest BCUT2D eigenvalue weighted by atomic mass is 9.91. The van der Waals surface area contributed by atoms with Crippen molar-refractivity contribution in [1.29, 1.82) is 0 Å². The van der Waals surface area contributed by atoms with Crippen molar-refractivity contribution in [2.45, 2.75) is 58.7 Å². The van der Waals surface area contributed by atoms with Crippen LogP contribution in [0.25, 0.3) is 0 Å². The third-order valence-corrected chi connectivity index (χ3v) is 4.67. The maximum absolute atomic E-state index is 12.7. The minimum Gasteiger partial charge on any atom is -0.440 e. The van der Waals surface area contributed by atoms with E-state index in [1.807, 2.05) is 44.2 Å². The van der Waals surface area contributed by atoms with Gasteiger partial charge in [-0.1, -0.05) is 44.2 Å². The molecule has 0 aliphatic carbocycles. The van der Waals surface area contributed by atoms with Gasteiger partial charge in [-0.2, -0.15) is 4.98 Å². The van der Waals surface area contributed by atoms with E-state index in [1.165, 1.54) is 0 Å². The summed E-state index contributed by atoms with van der Waals surface area (Å²) in [6.07, 6.45) is 2.29. The number of hydrogen-bond donors (Lipinski definition) is 1. The number of ether oxygens (including phenoxy) is 1. The Morgan fingerprint density at radius 2 is 1.89 bits per heavy atom. The first-order valence-corrected chi connectivity index (χ1v) is 9.44. The normalized spacial score (nSPS) is 19.9. The van der Waals surface area contributed by atoms with Gasteiger partial charge in [0.15, 0.2) is 0 Å². The molecule has 6 heteroatoms. The van der Waals surface area contributed by atoms with Gasteiger partial charge >= 0.3 is 6.09 Å². The zero-order chi connectivity index (χ0) is 19.6. The maximum Gasteiger partial charge on any atom is 0.416 e. The van der Waals surface area contributed by atoms with Crippen LogP contribution >= 0.6 is 0 Å². The molecule has 0 bridgehead atoms. The molecule has 0 radical (unpaired) electrons. The smallest absolute Gasteiger partial charge is 0.416 e. The van der Waals surface area contributed by atoms with E-state index >= 15 is 0 Å². The molecule has 144 valence electrons. The molecule has 1 saturated heterocycles. The topological polar surface area (TPSA) is 67.4 Å². The van der Waals surface area contributed by atoms with E-state index in [2.05, 4.69) is 36.1 Å². The van der Waals surface area contributed by atoms with E-state index in [1.54, 1.807) is 17.2 Å². The Labute approximate surface area is 161 Å². The van der Waals surface area contributed by atoms with Crippen molar-refractivity contribution in [2.75, 3.05) is 10.2 Å². The highest BCUT2D eigenvalue weighted by atomic mass is 16.6. The van der Waals surface area contributed by atoms with E-state index in [-0.39, 0.29) is 12.1 Å². The van der Waals surface area contributed by atoms with Crippen LogP contribution in [0.1, 0.15) is 52.6 Å². The standard InChI is InChI=1S/C21H28N4O2/c1-14(2)13-15(3)23-19-22-12-11-17(24-19)25-18(16-9-7-6-8-10-16)21(4,5)27-20(25)26/h6-12,14-15,18H,13H2,1-5H3,(H,22,23,24). The van der Waals surface area contributed by atoms with Crippen LogP contribution in [0, 0.1) is 5.92 Å². The van der Waals surface area contributed by atoms with Gasteiger partial charge in [0, 0.05) is 12.2 Å². The zero-order valence-corrected chi connectivity index (χ0v) is 16.6. The summed E-state index contributed by atoms with van der Waals surface area (Å²) in [5.41, 5.74) is 0.344. The van der Waals surface area contributed by atoms with Gasteiger partial charge in [0.25, 0.3) is 0 Å². The molecule has 3 rings (SSSR count). The predicted octanol–water partition coefficient (Wildman–Crippen LogP) is 4.80. The average molecular weight is 368 g/mol. The summed E-state index contributed by atoms with van der Waals surface area (Å²) in [7, 11) is 0. The molecule has 2 atom stereocenters. The molecule has 1 aliphatic heterocycles. The molecule has 2 aromatic rings. The van der Waals surface area contributed by atoms with Gasteiger partial charge in [-0.3, -0.25) is 0 Å². The Bertz CT molecular complexity index is 792. The Balaban J connectivity index is 1.92. The number of amides is 1. The maximum atomic E-state index is 12.7. The van der Waals surface area contributed by atoms with Crippen molar-refractivity contribution in [1.82, 2.24) is 9.97 Å². The summed E-state index contributed by atoms with van der Waals surface area (Å²) in [5.74, 6) is 1.63. The van der Waals surface area contributed by atoms with Gasteiger partial charge in [0.2, 0.25) is 5.95 Å². The van der Waals surface area contributed by atoms with Crippen LogP contribution < -0.4 is 10.2 Å². The van der Waals surface area contributed by atoms with Crippen LogP contribution in [0.15, 0.2) is 42.6 Å². The van der Waals surface area contributed by atoms with E-state index in [4.69, 9.17) is 4.74 Å². The van der Waals surface area contributed by atoms with Crippen molar-refractivity contribution < 1.29 is 9.53 Å². The van der Waals surface area contributed by atoms with Crippen LogP contribution in [0.2, 0.25) is 0 Å². The Morgan fingerprint density at radius 1 is 1.19 bits per heavy atom. The second kappa shape index (κ2) is 7.55. The molecule has 1 N–H and O–H groups in total. The molecular weight excluding hydrogens is 340 g/mol. The van der Waals surface area contributed by atoms with Crippen LogP contribution in [0.4, 0.5) is 16.6 Å². The number of rotatable bonds is 6. The van der Waals surface area contributed by atoms with Gasteiger partial charge in [-0.05, 0) is 44.7 Å². The van der Waals surface area contributed by atoms with Gasteiger partial charge < -0.3 is 10.1 Å². The molecular formula is C21H28N4O2. The van der Waals surface area contributed by atoms with Crippen LogP contribution in [0.5, 0.6) is 0 Å². The third-order valence-electron chi connectivity index (χ3n) is 4.67. The Kier molecular flexibility index (Phi) is 5.35. The summed E-state index contributed by atoms with van der Waals surface area (Å²) < 4.78 is 5.66. The minimum absolute atomic E-state index is 0.243. The fourth-order valence-electron chi connectivity index (χ4n) is 3.70. The summed E-state index contributed by atoms with van der Waals surface area (Å²) >= 11 is 0. The summed E-state index contributed by atoms with van der Waals surface area (Å²) in [6.45, 7) is 10.3. The average Bonchev–Trinajstić information content (AvgIpc) is 2.83. The van der Waals surface area contributed by atoms with Crippen LogP contribution in [-0.4, -0.2) is 27.7 Å². The molecule has 1 aromatic heterocycles. The molecule has 1 aromatic carbocycles. The third kappa shape index (κ3) is 4.21. The van der Waals surface area contributed by atoms with Crippen molar-refractivity contribution >= 4 is 17.9 Å². The number of anilines is 2. The highest BCUT2D eigenvalue weighted by Crippen LogP contribution is 2.43. The lowest BCUT2D eigenvalue weighted by Gasteiger charge is -2.28. The number of carbonyl (C=O) groups is 1. The Morgan fingerprint density at radius 3 is 2.56 bits per heavy atom. The SMILES string of the molecule is CC(C)CC(C)Nc1nccc(N2C(=O)OC(C)(C)C2c2ccccc2)n1. The van der Waals surface area contributed by atoms with Gasteiger partial charge in [-0.25, -0.2) is 14.7 Å². The molecule has 1 fully saturated rings. The first-order chi connectivity index (χ1) is 12.8. The highest BCUT2D eigenvalue weighted by molar-refractivity contribution is 5.90. The number of cyclic esters (lactones) is 1. The van der Waals surface area contributed by atoms with Crippen molar-refractivity contribution in [3.63, 3.8) is 0 Å². The lowest BCUT2D eigenvalue weighted by molar-refractivity contribution is 0.0685. The van der Waals surface area contributed by atoms with Crippen molar-refractivity contribution in [2.24, 2.45) is 5.92 Å². The summed E-state index contributed by atoms with van der Waals surface area (Å²) in [5, 5.41) is 3.33. The molecule has 0 saturated carbocycles. The number of nitrogens with one attached hydrogen (secondary N) is 1. The molecule has 27 heavy (non-hydrogen) atoms. The zero-order valence-electron chi connectivity index (χ0n) is 16.6. The summed E-state index contributed by atoms with van der Waals surface area (Å²) in [4.78, 5) is 23.2. The predicted molar refractivity (Wildman–Crippen MR) is 107 cm³/mol. The molecule has 1 amide bonds. The molecule has 2 heterocycles. The van der Waals surface area contributed by atoms with Crippen LogP contribution in [-0.2, 0) is 4.74 Å². The fraction of sp³-hybridized carbons (Fsp3) is 0.476. The number of carbonyl (C=O) groups excluding carboxylic acids is 1. The largest absolute Gasteiger partial charge is 0.440 e. The Hall–Kier alpha value is -2.63. The molecule has 6 nitrogen and oxygen atoms in total. The van der Waals surface area contributed by atoms with Crippen molar-refractivity contribution in [3.8, 4) is 0 Å². The van der Waals surface area contributed by atoms with E-state index in [9.17, 15) is 4.79 Å². The first-order valence-electron chi connectivity index (χ1n) is 9.44. The van der Waals surface area contributed by atoms with E-state index in [0.717, 1.165) is 12.0 Å². The quantitative estimate of drug-likeness (QED) is 0.793. The number of nitrogens with zero attached hydrogens (tertiary/aromatic N) is 3. The molecule has 2 unspecified atom stereocenters. The molecule has 0 spiro atoms. The van der Waals surface area contributed by atoms with E-state index in [0.29, 0.717) is 17.7 Å². The van der Waals surface area contributed by atoms with E-state index < -0.39 is 11.7 Å². The number of hydrogen-bond acceptors (Lipinski definition) is 5. The summed E-state index contributed by atoms with van der Waals surface area (Å²) in [6, 6.07) is 11.6. The lowest BCUT2D eigenvalue weighted by Crippen LogP contribution is -2.34. The van der Waals surface area contributed by atoms with Gasteiger partial charge in [0.1, 0.15) is 17.5 Å². The van der Waals surface area contributed by atoms with Crippen molar-refractivity contribution in [3.05, 3.63) is 48.2 Å². The minimum atomic E-state index is -0.665. The van der Waals surface area contributed by atoms with Gasteiger partial charge in [-0.15, -0.1) is 0 Å². The van der Waals surface area contributed by atoms with Crippen LogP contribution in [0.3, 0.4) is 0 Å². The highest BCUT2D eigenvalue weighted by Gasteiger charge is 2.49. The second-order valence-electron chi connectivity index (χ2n) is 8.07. The first kappa shape index (κ1) is 19.1.